The van der Waals surface area contributed by atoms with Crippen LogP contribution < -0.4 is 5.73 Å². The Morgan fingerprint density at radius 1 is 1.44 bits per heavy atom. The lowest BCUT2D eigenvalue weighted by Gasteiger charge is -2.38. The predicted molar refractivity (Wildman–Crippen MR) is 66.4 cm³/mol. The van der Waals surface area contributed by atoms with Crippen LogP contribution in [0, 0.1) is 11.8 Å². The molecule has 2 aliphatic rings. The van der Waals surface area contributed by atoms with Gasteiger partial charge in [-0.15, -0.1) is 0 Å². The molecule has 3 heteroatoms. The van der Waals surface area contributed by atoms with Crippen molar-refractivity contribution in [2.45, 2.75) is 38.1 Å². The molecular weight excluding hydrogens is 200 g/mol. The van der Waals surface area contributed by atoms with E-state index in [-0.39, 0.29) is 0 Å². The maximum Gasteiger partial charge on any atom is 0.0503 e. The maximum absolute atomic E-state index is 6.06. The van der Waals surface area contributed by atoms with Gasteiger partial charge in [-0.05, 0) is 44.1 Å². The largest absolute Gasteiger partial charge is 0.384 e. The van der Waals surface area contributed by atoms with Crippen LogP contribution in [0.1, 0.15) is 32.6 Å². The number of methoxy groups -OCH3 is 1. The van der Waals surface area contributed by atoms with Crippen LogP contribution in [0.25, 0.3) is 0 Å². The molecule has 0 aromatic heterocycles. The first-order valence-electron chi connectivity index (χ1n) is 6.64. The van der Waals surface area contributed by atoms with Gasteiger partial charge in [0.05, 0.1) is 6.61 Å². The van der Waals surface area contributed by atoms with E-state index in [9.17, 15) is 0 Å². The molecule has 0 aromatic rings. The van der Waals surface area contributed by atoms with Crippen LogP contribution in [0.4, 0.5) is 0 Å². The molecule has 2 N–H and O–H groups in total. The van der Waals surface area contributed by atoms with E-state index in [0.717, 1.165) is 25.0 Å². The number of likely N-dealkylation sites (tertiary alicyclic amines) is 1. The topological polar surface area (TPSA) is 38.5 Å². The van der Waals surface area contributed by atoms with Crippen molar-refractivity contribution in [3.8, 4) is 0 Å². The fourth-order valence-corrected chi connectivity index (χ4v) is 3.60. The summed E-state index contributed by atoms with van der Waals surface area (Å²) in [6, 6.07) is 0. The van der Waals surface area contributed by atoms with Gasteiger partial charge in [0.25, 0.3) is 0 Å². The van der Waals surface area contributed by atoms with Gasteiger partial charge in [0, 0.05) is 25.7 Å². The lowest BCUT2D eigenvalue weighted by atomic mass is 9.94. The number of hydrogen-bond acceptors (Lipinski definition) is 3. The number of rotatable bonds is 4. The summed E-state index contributed by atoms with van der Waals surface area (Å²) in [7, 11) is 1.80. The average Bonchev–Trinajstić information content (AvgIpc) is 2.86. The Morgan fingerprint density at radius 2 is 2.25 bits per heavy atom. The van der Waals surface area contributed by atoms with E-state index >= 15 is 0 Å². The van der Waals surface area contributed by atoms with Crippen molar-refractivity contribution in [2.24, 2.45) is 17.6 Å². The molecule has 3 atom stereocenters. The fourth-order valence-electron chi connectivity index (χ4n) is 3.60. The van der Waals surface area contributed by atoms with Crippen molar-refractivity contribution in [1.82, 2.24) is 4.90 Å². The van der Waals surface area contributed by atoms with Crippen molar-refractivity contribution in [2.75, 3.05) is 33.4 Å². The number of ether oxygens (including phenoxy) is 1. The summed E-state index contributed by atoms with van der Waals surface area (Å²) >= 11 is 0. The minimum absolute atomic E-state index is 0.321. The zero-order chi connectivity index (χ0) is 11.6. The second-order valence-corrected chi connectivity index (χ2v) is 5.83. The Labute approximate surface area is 99.3 Å². The summed E-state index contributed by atoms with van der Waals surface area (Å²) in [5, 5.41) is 0. The van der Waals surface area contributed by atoms with E-state index in [2.05, 4.69) is 11.8 Å². The lowest BCUT2D eigenvalue weighted by molar-refractivity contribution is 0.105. The quantitative estimate of drug-likeness (QED) is 0.789. The Hall–Kier alpha value is -0.120. The first-order chi connectivity index (χ1) is 7.70. The molecule has 0 spiro atoms. The summed E-state index contributed by atoms with van der Waals surface area (Å²) in [5.41, 5.74) is 6.38. The maximum atomic E-state index is 6.06. The highest BCUT2D eigenvalue weighted by molar-refractivity contribution is 5.00. The standard InChI is InChI=1S/C13H26N2O/c1-11-3-5-13(7-11,10-14)15-6-4-12(8-15)9-16-2/h11-12H,3-10,14H2,1-2H3. The number of hydrogen-bond donors (Lipinski definition) is 1. The van der Waals surface area contributed by atoms with Gasteiger partial charge >= 0.3 is 0 Å². The van der Waals surface area contributed by atoms with Crippen LogP contribution in [0.3, 0.4) is 0 Å². The molecule has 2 fully saturated rings. The molecule has 0 amide bonds. The zero-order valence-electron chi connectivity index (χ0n) is 10.7. The van der Waals surface area contributed by atoms with Crippen LogP contribution in [0.15, 0.2) is 0 Å². The van der Waals surface area contributed by atoms with Gasteiger partial charge < -0.3 is 10.5 Å². The molecule has 0 bridgehead atoms. The molecule has 1 aliphatic carbocycles. The summed E-state index contributed by atoms with van der Waals surface area (Å²) in [5.74, 6) is 1.58. The van der Waals surface area contributed by atoms with Gasteiger partial charge in [-0.25, -0.2) is 0 Å². The van der Waals surface area contributed by atoms with Gasteiger partial charge in [-0.2, -0.15) is 0 Å². The number of nitrogens with zero attached hydrogens (tertiary/aromatic N) is 1. The molecule has 3 unspecified atom stereocenters. The van der Waals surface area contributed by atoms with Crippen LogP contribution in [0.2, 0.25) is 0 Å². The highest BCUT2D eigenvalue weighted by Crippen LogP contribution is 2.40. The SMILES string of the molecule is COCC1CCN(C2(CN)CCC(C)C2)C1. The van der Waals surface area contributed by atoms with Crippen LogP contribution >= 0.6 is 0 Å². The van der Waals surface area contributed by atoms with Crippen molar-refractivity contribution in [3.05, 3.63) is 0 Å². The third kappa shape index (κ3) is 2.27. The molecule has 94 valence electrons. The number of nitrogens with two attached hydrogens (primary N) is 1. The van der Waals surface area contributed by atoms with E-state index in [4.69, 9.17) is 10.5 Å². The van der Waals surface area contributed by atoms with E-state index in [1.807, 2.05) is 0 Å². The average molecular weight is 226 g/mol. The smallest absolute Gasteiger partial charge is 0.0503 e. The van der Waals surface area contributed by atoms with Crippen molar-refractivity contribution in [1.29, 1.82) is 0 Å². The third-order valence-corrected chi connectivity index (χ3v) is 4.57. The van der Waals surface area contributed by atoms with E-state index in [0.29, 0.717) is 5.54 Å². The Bertz CT molecular complexity index is 234. The van der Waals surface area contributed by atoms with Gasteiger partial charge in [-0.3, -0.25) is 4.90 Å². The van der Waals surface area contributed by atoms with E-state index < -0.39 is 0 Å². The first kappa shape index (κ1) is 12.3. The van der Waals surface area contributed by atoms with Crippen molar-refractivity contribution < 1.29 is 4.74 Å². The lowest BCUT2D eigenvalue weighted by Crippen LogP contribution is -2.51. The molecule has 0 radical (unpaired) electrons. The molecule has 1 aliphatic heterocycles. The second kappa shape index (κ2) is 5.03. The second-order valence-electron chi connectivity index (χ2n) is 5.83. The highest BCUT2D eigenvalue weighted by Gasteiger charge is 2.43. The van der Waals surface area contributed by atoms with Gasteiger partial charge in [0.15, 0.2) is 0 Å². The first-order valence-corrected chi connectivity index (χ1v) is 6.64. The van der Waals surface area contributed by atoms with Crippen molar-refractivity contribution in [3.63, 3.8) is 0 Å². The Kier molecular flexibility index (Phi) is 3.88. The molecule has 0 aromatic carbocycles. The molecule has 3 nitrogen and oxygen atoms in total. The Morgan fingerprint density at radius 3 is 2.81 bits per heavy atom. The molecule has 2 rings (SSSR count). The van der Waals surface area contributed by atoms with Crippen LogP contribution in [-0.2, 0) is 4.74 Å². The van der Waals surface area contributed by atoms with Gasteiger partial charge in [-0.1, -0.05) is 6.92 Å². The minimum Gasteiger partial charge on any atom is -0.384 e. The molecule has 16 heavy (non-hydrogen) atoms. The van der Waals surface area contributed by atoms with Crippen LogP contribution in [0.5, 0.6) is 0 Å². The zero-order valence-corrected chi connectivity index (χ0v) is 10.7. The monoisotopic (exact) mass is 226 g/mol. The third-order valence-electron chi connectivity index (χ3n) is 4.57. The van der Waals surface area contributed by atoms with E-state index in [1.54, 1.807) is 7.11 Å². The summed E-state index contributed by atoms with van der Waals surface area (Å²) in [6.45, 7) is 6.51. The van der Waals surface area contributed by atoms with E-state index in [1.165, 1.54) is 38.8 Å². The van der Waals surface area contributed by atoms with Crippen molar-refractivity contribution >= 4 is 0 Å². The summed E-state index contributed by atoms with van der Waals surface area (Å²) in [4.78, 5) is 2.65. The molecule has 1 saturated carbocycles. The molecular formula is C13H26N2O. The summed E-state index contributed by atoms with van der Waals surface area (Å²) in [6.07, 6.45) is 5.22. The minimum atomic E-state index is 0.321. The van der Waals surface area contributed by atoms with Crippen LogP contribution in [-0.4, -0.2) is 43.8 Å². The molecule has 1 heterocycles. The van der Waals surface area contributed by atoms with Gasteiger partial charge in [0.1, 0.15) is 0 Å². The fraction of sp³-hybridized carbons (Fsp3) is 1.00. The summed E-state index contributed by atoms with van der Waals surface area (Å²) < 4.78 is 5.27. The highest BCUT2D eigenvalue weighted by atomic mass is 16.5. The predicted octanol–water partition coefficient (Wildman–Crippen LogP) is 1.47. The Balaban J connectivity index is 1.96. The molecule has 1 saturated heterocycles. The normalized spacial score (nSPS) is 40.7. The van der Waals surface area contributed by atoms with Gasteiger partial charge in [0.2, 0.25) is 0 Å².